The second-order valence-electron chi connectivity index (χ2n) is 4.74. The number of rotatable bonds is 6. The molecule has 18 heavy (non-hydrogen) atoms. The maximum Gasteiger partial charge on any atom is 0.305 e. The van der Waals surface area contributed by atoms with Crippen molar-refractivity contribution in [1.82, 2.24) is 5.32 Å². The fraction of sp³-hybridized carbons (Fsp3) is 0.533. The molecule has 0 unspecified atom stereocenters. The number of nitrogens with one attached hydrogen (secondary N) is 1. The van der Waals surface area contributed by atoms with E-state index in [-0.39, 0.29) is 5.97 Å². The Morgan fingerprint density at radius 2 is 2.00 bits per heavy atom. The Balaban J connectivity index is 1.64. The van der Waals surface area contributed by atoms with Gasteiger partial charge in [-0.15, -0.1) is 0 Å². The van der Waals surface area contributed by atoms with Crippen molar-refractivity contribution >= 4 is 5.97 Å². The van der Waals surface area contributed by atoms with E-state index in [4.69, 9.17) is 4.74 Å². The summed E-state index contributed by atoms with van der Waals surface area (Å²) in [6.45, 7) is 3.20. The van der Waals surface area contributed by atoms with Crippen LogP contribution in [0.3, 0.4) is 0 Å². The molecule has 0 aromatic heterocycles. The number of hydrogen-bond donors (Lipinski definition) is 1. The standard InChI is InChI=1S/C15H21NO2/c1-2-18-15(17)8-5-9-16-14-10-12-6-3-4-7-13(12)11-14/h3-4,6-7,14,16H,2,5,8-11H2,1H3. The van der Waals surface area contributed by atoms with Crippen LogP contribution >= 0.6 is 0 Å². The molecule has 0 amide bonds. The Kier molecular flexibility index (Phi) is 4.76. The van der Waals surface area contributed by atoms with Crippen LogP contribution in [0.1, 0.15) is 30.9 Å². The summed E-state index contributed by atoms with van der Waals surface area (Å²) in [7, 11) is 0. The molecule has 0 saturated carbocycles. The summed E-state index contributed by atoms with van der Waals surface area (Å²) in [5.41, 5.74) is 2.92. The minimum Gasteiger partial charge on any atom is -0.466 e. The Morgan fingerprint density at radius 1 is 1.33 bits per heavy atom. The quantitative estimate of drug-likeness (QED) is 0.618. The minimum absolute atomic E-state index is 0.0889. The molecule has 0 radical (unpaired) electrons. The number of esters is 1. The summed E-state index contributed by atoms with van der Waals surface area (Å²) in [5.74, 6) is -0.0889. The molecule has 1 aliphatic rings. The number of ether oxygens (including phenoxy) is 1. The molecule has 1 aromatic rings. The highest BCUT2D eigenvalue weighted by molar-refractivity contribution is 5.69. The molecule has 0 saturated heterocycles. The highest BCUT2D eigenvalue weighted by atomic mass is 16.5. The molecule has 3 heteroatoms. The molecule has 0 spiro atoms. The van der Waals surface area contributed by atoms with Gasteiger partial charge < -0.3 is 10.1 Å². The third-order valence-electron chi connectivity index (χ3n) is 3.35. The van der Waals surface area contributed by atoms with Crippen molar-refractivity contribution in [3.8, 4) is 0 Å². The Bertz CT molecular complexity index is 378. The highest BCUT2D eigenvalue weighted by Crippen LogP contribution is 2.21. The first-order valence-corrected chi connectivity index (χ1v) is 6.75. The summed E-state index contributed by atoms with van der Waals surface area (Å²) < 4.78 is 4.90. The largest absolute Gasteiger partial charge is 0.466 e. The molecule has 98 valence electrons. The monoisotopic (exact) mass is 247 g/mol. The fourth-order valence-corrected chi connectivity index (χ4v) is 2.48. The van der Waals surface area contributed by atoms with Gasteiger partial charge in [0.1, 0.15) is 0 Å². The summed E-state index contributed by atoms with van der Waals surface area (Å²) in [4.78, 5) is 11.2. The molecule has 3 nitrogen and oxygen atoms in total. The zero-order chi connectivity index (χ0) is 12.8. The first-order valence-electron chi connectivity index (χ1n) is 6.75. The predicted molar refractivity (Wildman–Crippen MR) is 71.5 cm³/mol. The molecule has 0 heterocycles. The molecule has 1 aliphatic carbocycles. The van der Waals surface area contributed by atoms with Crippen LogP contribution in [0.2, 0.25) is 0 Å². The van der Waals surface area contributed by atoms with Crippen LogP contribution in [0.4, 0.5) is 0 Å². The van der Waals surface area contributed by atoms with E-state index in [9.17, 15) is 4.79 Å². The summed E-state index contributed by atoms with van der Waals surface area (Å²) in [5, 5.41) is 3.52. The van der Waals surface area contributed by atoms with Crippen molar-refractivity contribution in [3.63, 3.8) is 0 Å². The van der Waals surface area contributed by atoms with Crippen molar-refractivity contribution < 1.29 is 9.53 Å². The van der Waals surface area contributed by atoms with Gasteiger partial charge in [0.25, 0.3) is 0 Å². The van der Waals surface area contributed by atoms with Gasteiger partial charge >= 0.3 is 5.97 Å². The average Bonchev–Trinajstić information content (AvgIpc) is 2.77. The van der Waals surface area contributed by atoms with Gasteiger partial charge in [-0.1, -0.05) is 24.3 Å². The van der Waals surface area contributed by atoms with Gasteiger partial charge in [-0.3, -0.25) is 4.79 Å². The molecule has 0 bridgehead atoms. The van der Waals surface area contributed by atoms with E-state index in [1.807, 2.05) is 6.92 Å². The highest BCUT2D eigenvalue weighted by Gasteiger charge is 2.19. The van der Waals surface area contributed by atoms with Gasteiger partial charge in [0.05, 0.1) is 6.61 Å². The van der Waals surface area contributed by atoms with Gasteiger partial charge in [0, 0.05) is 12.5 Å². The Hall–Kier alpha value is -1.35. The van der Waals surface area contributed by atoms with E-state index in [0.717, 1.165) is 25.8 Å². The maximum atomic E-state index is 11.2. The van der Waals surface area contributed by atoms with Crippen LogP contribution < -0.4 is 5.32 Å². The van der Waals surface area contributed by atoms with E-state index in [2.05, 4.69) is 29.6 Å². The normalized spacial score (nSPS) is 14.5. The van der Waals surface area contributed by atoms with Crippen molar-refractivity contribution in [2.75, 3.05) is 13.2 Å². The molecule has 2 rings (SSSR count). The van der Waals surface area contributed by atoms with Crippen LogP contribution in [0.5, 0.6) is 0 Å². The van der Waals surface area contributed by atoms with Crippen molar-refractivity contribution in [2.45, 2.75) is 38.6 Å². The lowest BCUT2D eigenvalue weighted by Gasteiger charge is -2.11. The first-order chi connectivity index (χ1) is 8.79. The Morgan fingerprint density at radius 3 is 2.61 bits per heavy atom. The zero-order valence-corrected chi connectivity index (χ0v) is 10.9. The molecule has 0 aliphatic heterocycles. The van der Waals surface area contributed by atoms with Gasteiger partial charge in [0.2, 0.25) is 0 Å². The number of hydrogen-bond acceptors (Lipinski definition) is 3. The number of fused-ring (bicyclic) bond motifs is 1. The molecule has 0 fully saturated rings. The fourth-order valence-electron chi connectivity index (χ4n) is 2.48. The van der Waals surface area contributed by atoms with Crippen LogP contribution in [0.15, 0.2) is 24.3 Å². The summed E-state index contributed by atoms with van der Waals surface area (Å²) in [6, 6.07) is 9.14. The lowest BCUT2D eigenvalue weighted by atomic mass is 10.1. The maximum absolute atomic E-state index is 11.2. The van der Waals surface area contributed by atoms with Crippen LogP contribution in [-0.2, 0) is 22.4 Å². The molecular weight excluding hydrogens is 226 g/mol. The van der Waals surface area contributed by atoms with Gasteiger partial charge in [-0.2, -0.15) is 0 Å². The minimum atomic E-state index is -0.0889. The van der Waals surface area contributed by atoms with Crippen molar-refractivity contribution in [3.05, 3.63) is 35.4 Å². The van der Waals surface area contributed by atoms with Gasteiger partial charge in [0.15, 0.2) is 0 Å². The van der Waals surface area contributed by atoms with E-state index in [0.29, 0.717) is 19.1 Å². The topological polar surface area (TPSA) is 38.3 Å². The predicted octanol–water partition coefficient (Wildman–Crippen LogP) is 2.09. The van der Waals surface area contributed by atoms with Crippen LogP contribution in [0, 0.1) is 0 Å². The second kappa shape index (κ2) is 6.55. The SMILES string of the molecule is CCOC(=O)CCCNC1Cc2ccccc2C1. The third kappa shape index (κ3) is 3.57. The number of carbonyl (C=O) groups excluding carboxylic acids is 1. The smallest absolute Gasteiger partial charge is 0.305 e. The molecule has 0 atom stereocenters. The second-order valence-corrected chi connectivity index (χ2v) is 4.74. The lowest BCUT2D eigenvalue weighted by molar-refractivity contribution is -0.143. The number of benzene rings is 1. The first kappa shape index (κ1) is 13.1. The van der Waals surface area contributed by atoms with Crippen LogP contribution in [-0.4, -0.2) is 25.2 Å². The average molecular weight is 247 g/mol. The molecule has 1 aromatic carbocycles. The zero-order valence-electron chi connectivity index (χ0n) is 10.9. The summed E-state index contributed by atoms with van der Waals surface area (Å²) >= 11 is 0. The van der Waals surface area contributed by atoms with Crippen molar-refractivity contribution in [2.24, 2.45) is 0 Å². The third-order valence-corrected chi connectivity index (χ3v) is 3.35. The molecule has 1 N–H and O–H groups in total. The van der Waals surface area contributed by atoms with E-state index >= 15 is 0 Å². The lowest BCUT2D eigenvalue weighted by Crippen LogP contribution is -2.30. The van der Waals surface area contributed by atoms with Crippen LogP contribution in [0.25, 0.3) is 0 Å². The summed E-state index contributed by atoms with van der Waals surface area (Å²) in [6.07, 6.45) is 3.58. The Labute approximate surface area is 109 Å². The van der Waals surface area contributed by atoms with E-state index < -0.39 is 0 Å². The molecular formula is C15H21NO2. The van der Waals surface area contributed by atoms with Gasteiger partial charge in [-0.05, 0) is 43.9 Å². The number of carbonyl (C=O) groups is 1. The van der Waals surface area contributed by atoms with E-state index in [1.165, 1.54) is 11.1 Å². The van der Waals surface area contributed by atoms with Crippen molar-refractivity contribution in [1.29, 1.82) is 0 Å². The van der Waals surface area contributed by atoms with E-state index in [1.54, 1.807) is 0 Å². The van der Waals surface area contributed by atoms with Gasteiger partial charge in [-0.25, -0.2) is 0 Å².